The van der Waals surface area contributed by atoms with Gasteiger partial charge in [0.15, 0.2) is 11.5 Å². The molecular weight excluding hydrogens is 427 g/mol. The number of fused-ring (bicyclic) bond motifs is 1. The van der Waals surface area contributed by atoms with Crippen molar-refractivity contribution in [3.63, 3.8) is 0 Å². The molecule has 1 atom stereocenters. The molecule has 0 bridgehead atoms. The first-order valence-electron chi connectivity index (χ1n) is 9.54. The minimum absolute atomic E-state index is 0. The number of nitrogens with zero attached hydrogens (tertiary/aromatic N) is 3. The van der Waals surface area contributed by atoms with Crippen LogP contribution in [0.1, 0.15) is 32.1 Å². The number of rotatable bonds is 7. The van der Waals surface area contributed by atoms with Gasteiger partial charge in [-0.2, -0.15) is 0 Å². The average molecular weight is 453 g/mol. The summed E-state index contributed by atoms with van der Waals surface area (Å²) in [6.45, 7) is 1.70. The Hall–Kier alpha value is 0.110. The second kappa shape index (κ2) is 13.0. The minimum Gasteiger partial charge on any atom is -0.811 e. The average Bonchev–Trinajstić information content (AvgIpc) is 2.91. The summed E-state index contributed by atoms with van der Waals surface area (Å²) in [5.41, 5.74) is 0.796. The Bertz CT molecular complexity index is 867. The molecule has 0 spiro atoms. The summed E-state index contributed by atoms with van der Waals surface area (Å²) in [5, 5.41) is 0.914. The van der Waals surface area contributed by atoms with Gasteiger partial charge in [-0.25, -0.2) is 9.97 Å². The molecule has 2 aromatic rings. The fourth-order valence-electron chi connectivity index (χ4n) is 3.86. The van der Waals surface area contributed by atoms with Crippen LogP contribution in [0, 0.1) is 5.92 Å². The molecule has 3 rings (SSSR count). The molecule has 1 aromatic carbocycles. The van der Waals surface area contributed by atoms with E-state index in [0.29, 0.717) is 23.8 Å². The van der Waals surface area contributed by atoms with Gasteiger partial charge in [-0.3, -0.25) is 0 Å². The molecule has 154 valence electrons. The van der Waals surface area contributed by atoms with Crippen molar-refractivity contribution in [1.29, 1.82) is 0 Å². The van der Waals surface area contributed by atoms with Gasteiger partial charge in [0.2, 0.25) is 0 Å². The SMILES string of the molecule is COc1cc2ncnc(N3CCCC(CCCP(=O)([O-])[O-])CC3)c2cc1OC.[Na+].[Na+]. The van der Waals surface area contributed by atoms with E-state index in [2.05, 4.69) is 14.9 Å². The molecule has 0 saturated carbocycles. The largest absolute Gasteiger partial charge is 1.00 e. The maximum Gasteiger partial charge on any atom is 1.00 e. The second-order valence-corrected chi connectivity index (χ2v) is 8.85. The van der Waals surface area contributed by atoms with Gasteiger partial charge < -0.3 is 28.7 Å². The van der Waals surface area contributed by atoms with Crippen LogP contribution >= 0.6 is 7.60 Å². The number of hydrogen-bond donors (Lipinski definition) is 0. The zero-order valence-electron chi connectivity index (χ0n) is 18.3. The molecule has 1 aliphatic rings. The molecule has 1 fully saturated rings. The van der Waals surface area contributed by atoms with Gasteiger partial charge in [-0.1, -0.05) is 14.0 Å². The van der Waals surface area contributed by atoms with Crippen molar-refractivity contribution >= 4 is 24.3 Å². The van der Waals surface area contributed by atoms with Crippen molar-refractivity contribution in [2.45, 2.75) is 32.1 Å². The molecule has 11 heteroatoms. The Balaban J connectivity index is 0.00000225. The van der Waals surface area contributed by atoms with E-state index in [-0.39, 0.29) is 65.3 Å². The number of methoxy groups -OCH3 is 2. The van der Waals surface area contributed by atoms with Crippen molar-refractivity contribution in [2.24, 2.45) is 5.92 Å². The molecule has 0 N–H and O–H groups in total. The fourth-order valence-corrected chi connectivity index (χ4v) is 4.43. The quantitative estimate of drug-likeness (QED) is 0.308. The summed E-state index contributed by atoms with van der Waals surface area (Å²) in [6, 6.07) is 3.76. The second-order valence-electron chi connectivity index (χ2n) is 7.18. The zero-order chi connectivity index (χ0) is 20.1. The van der Waals surface area contributed by atoms with Crippen molar-refractivity contribution < 1.29 is 82.9 Å². The van der Waals surface area contributed by atoms with Crippen LogP contribution in [0.25, 0.3) is 10.9 Å². The predicted molar refractivity (Wildman–Crippen MR) is 104 cm³/mol. The maximum absolute atomic E-state index is 10.8. The van der Waals surface area contributed by atoms with E-state index in [1.165, 1.54) is 0 Å². The number of ether oxygens (including phenoxy) is 2. The third kappa shape index (κ3) is 7.61. The molecule has 0 amide bonds. The Morgan fingerprint density at radius 1 is 1.10 bits per heavy atom. The minimum atomic E-state index is -4.40. The van der Waals surface area contributed by atoms with E-state index < -0.39 is 7.60 Å². The van der Waals surface area contributed by atoms with Gasteiger partial charge in [0.05, 0.1) is 19.7 Å². The molecule has 1 aliphatic heterocycles. The van der Waals surface area contributed by atoms with Crippen LogP contribution < -0.4 is 83.3 Å². The van der Waals surface area contributed by atoms with E-state index in [4.69, 9.17) is 9.47 Å². The smallest absolute Gasteiger partial charge is 0.811 e. The summed E-state index contributed by atoms with van der Waals surface area (Å²) < 4.78 is 21.6. The topological polar surface area (TPSA) is 111 Å². The Kier molecular flexibility index (Phi) is 12.2. The van der Waals surface area contributed by atoms with Crippen molar-refractivity contribution in [2.75, 3.05) is 38.4 Å². The van der Waals surface area contributed by atoms with Crippen LogP contribution in [0.3, 0.4) is 0 Å². The third-order valence-corrected chi connectivity index (χ3v) is 6.18. The first-order valence-corrected chi connectivity index (χ1v) is 11.3. The third-order valence-electron chi connectivity index (χ3n) is 5.31. The van der Waals surface area contributed by atoms with Gasteiger partial charge in [-0.15, -0.1) is 0 Å². The molecule has 0 radical (unpaired) electrons. The molecule has 1 aromatic heterocycles. The standard InChI is InChI=1S/C19H28N3O5P.2Na/c1-26-17-11-15-16(12-18(17)27-2)20-13-21-19(15)22-8-3-5-14(7-9-22)6-4-10-28(23,24)25;;/h11-14H,3-10H2,1-2H3,(H2,23,24,25);;/q;2*+1/p-2. The normalized spacial score (nSPS) is 16.9. The van der Waals surface area contributed by atoms with Crippen molar-refractivity contribution in [1.82, 2.24) is 9.97 Å². The number of anilines is 1. The van der Waals surface area contributed by atoms with E-state index in [1.54, 1.807) is 20.5 Å². The molecule has 1 saturated heterocycles. The van der Waals surface area contributed by atoms with E-state index in [1.807, 2.05) is 12.1 Å². The van der Waals surface area contributed by atoms with Crippen LogP contribution in [-0.2, 0) is 4.57 Å². The van der Waals surface area contributed by atoms with Crippen LogP contribution in [-0.4, -0.2) is 43.4 Å². The van der Waals surface area contributed by atoms with Gasteiger partial charge in [-0.05, 0) is 43.8 Å². The Morgan fingerprint density at radius 3 is 2.47 bits per heavy atom. The molecule has 1 unspecified atom stereocenters. The number of aromatic nitrogens is 2. The van der Waals surface area contributed by atoms with Crippen LogP contribution in [0.15, 0.2) is 18.5 Å². The molecule has 2 heterocycles. The summed E-state index contributed by atoms with van der Waals surface area (Å²) in [4.78, 5) is 32.8. The summed E-state index contributed by atoms with van der Waals surface area (Å²) in [6.07, 6.45) is 5.51. The maximum atomic E-state index is 10.8. The number of hydrogen-bond acceptors (Lipinski definition) is 8. The Morgan fingerprint density at radius 2 is 1.80 bits per heavy atom. The van der Waals surface area contributed by atoms with E-state index >= 15 is 0 Å². The monoisotopic (exact) mass is 453 g/mol. The van der Waals surface area contributed by atoms with Gasteiger partial charge in [0, 0.05) is 24.5 Å². The van der Waals surface area contributed by atoms with Gasteiger partial charge >= 0.3 is 59.1 Å². The number of benzene rings is 1. The fraction of sp³-hybridized carbons (Fsp3) is 0.579. The first kappa shape index (κ1) is 28.1. The van der Waals surface area contributed by atoms with E-state index in [9.17, 15) is 14.4 Å². The summed E-state index contributed by atoms with van der Waals surface area (Å²) in [7, 11) is -1.20. The van der Waals surface area contributed by atoms with E-state index in [0.717, 1.165) is 55.5 Å². The van der Waals surface area contributed by atoms with Crippen molar-refractivity contribution in [3.8, 4) is 11.5 Å². The molecule has 0 aliphatic carbocycles. The van der Waals surface area contributed by atoms with Gasteiger partial charge in [0.25, 0.3) is 0 Å². The summed E-state index contributed by atoms with van der Waals surface area (Å²) >= 11 is 0. The molecule has 8 nitrogen and oxygen atoms in total. The zero-order valence-corrected chi connectivity index (χ0v) is 23.2. The Labute approximate surface area is 221 Å². The van der Waals surface area contributed by atoms with Crippen LogP contribution in [0.5, 0.6) is 11.5 Å². The molecular formula is C19H26N3Na2O5P. The molecule has 30 heavy (non-hydrogen) atoms. The van der Waals surface area contributed by atoms with Crippen molar-refractivity contribution in [3.05, 3.63) is 18.5 Å². The predicted octanol–water partition coefficient (Wildman–Crippen LogP) is -4.04. The summed E-state index contributed by atoms with van der Waals surface area (Å²) in [5.74, 6) is 2.57. The first-order chi connectivity index (χ1) is 13.4. The van der Waals surface area contributed by atoms with Gasteiger partial charge in [0.1, 0.15) is 12.1 Å². The van der Waals surface area contributed by atoms with Crippen LogP contribution in [0.4, 0.5) is 5.82 Å². The van der Waals surface area contributed by atoms with Crippen LogP contribution in [0.2, 0.25) is 0 Å².